The molecule has 70 valence electrons. The van der Waals surface area contributed by atoms with Crippen molar-refractivity contribution in [1.29, 1.82) is 0 Å². The second-order valence-corrected chi connectivity index (χ2v) is 3.65. The third-order valence-corrected chi connectivity index (χ3v) is 2.47. The lowest BCUT2D eigenvalue weighted by Gasteiger charge is -2.05. The Morgan fingerprint density at radius 2 is 2.33 bits per heavy atom. The molecule has 0 bridgehead atoms. The van der Waals surface area contributed by atoms with Crippen LogP contribution in [0.5, 0.6) is 0 Å². The Labute approximate surface area is 73.4 Å². The highest BCUT2D eigenvalue weighted by molar-refractivity contribution is 5.77. The van der Waals surface area contributed by atoms with Crippen LogP contribution in [0.4, 0.5) is 0 Å². The largest absolute Gasteiger partial charge is 0.369 e. The van der Waals surface area contributed by atoms with Crippen molar-refractivity contribution in [3.8, 4) is 0 Å². The van der Waals surface area contributed by atoms with Gasteiger partial charge in [-0.1, -0.05) is 13.3 Å². The van der Waals surface area contributed by atoms with Crippen LogP contribution in [0.1, 0.15) is 26.2 Å². The summed E-state index contributed by atoms with van der Waals surface area (Å²) in [6.45, 7) is 3.11. The van der Waals surface area contributed by atoms with E-state index in [0.717, 1.165) is 12.5 Å². The Bertz CT molecular complexity index is 166. The number of nitrogens with zero attached hydrogens (tertiary/aromatic N) is 1. The first kappa shape index (κ1) is 9.32. The molecular formula is C8H18N4. The lowest BCUT2D eigenvalue weighted by molar-refractivity contribution is 0.525. The molecule has 2 unspecified atom stereocenters. The summed E-state index contributed by atoms with van der Waals surface area (Å²) in [7, 11) is 0. The van der Waals surface area contributed by atoms with Crippen LogP contribution in [0.3, 0.4) is 0 Å². The van der Waals surface area contributed by atoms with E-state index in [1.165, 1.54) is 19.3 Å². The van der Waals surface area contributed by atoms with Gasteiger partial charge in [0.25, 0.3) is 0 Å². The Kier molecular flexibility index (Phi) is 3.34. The van der Waals surface area contributed by atoms with Crippen molar-refractivity contribution in [3.63, 3.8) is 0 Å². The third-order valence-electron chi connectivity index (χ3n) is 2.47. The zero-order valence-electron chi connectivity index (χ0n) is 7.59. The molecule has 1 saturated carbocycles. The van der Waals surface area contributed by atoms with Crippen molar-refractivity contribution >= 4 is 5.96 Å². The molecule has 0 saturated heterocycles. The summed E-state index contributed by atoms with van der Waals surface area (Å²) in [5.74, 6) is 6.99. The molecule has 0 aromatic carbocycles. The molecule has 0 amide bonds. The third kappa shape index (κ3) is 2.70. The number of hydrogen-bond acceptors (Lipinski definition) is 2. The van der Waals surface area contributed by atoms with Gasteiger partial charge in [-0.05, 0) is 24.7 Å². The van der Waals surface area contributed by atoms with Crippen LogP contribution >= 0.6 is 0 Å². The van der Waals surface area contributed by atoms with E-state index < -0.39 is 0 Å². The van der Waals surface area contributed by atoms with Crippen molar-refractivity contribution < 1.29 is 0 Å². The predicted octanol–water partition coefficient (Wildman–Crippen LogP) is 0.201. The van der Waals surface area contributed by atoms with E-state index in [4.69, 9.17) is 11.6 Å². The second kappa shape index (κ2) is 4.30. The Balaban J connectivity index is 2.24. The van der Waals surface area contributed by atoms with Crippen LogP contribution in [-0.2, 0) is 0 Å². The van der Waals surface area contributed by atoms with E-state index in [-0.39, 0.29) is 0 Å². The van der Waals surface area contributed by atoms with Crippen molar-refractivity contribution in [1.82, 2.24) is 5.43 Å². The van der Waals surface area contributed by atoms with Crippen LogP contribution < -0.4 is 17.0 Å². The molecule has 0 spiro atoms. The maximum Gasteiger partial charge on any atom is 0.203 e. The molecule has 12 heavy (non-hydrogen) atoms. The molecule has 1 rings (SSSR count). The molecule has 0 heterocycles. The van der Waals surface area contributed by atoms with Gasteiger partial charge in [0, 0.05) is 6.54 Å². The van der Waals surface area contributed by atoms with Gasteiger partial charge in [-0.25, -0.2) is 5.84 Å². The van der Waals surface area contributed by atoms with Crippen LogP contribution in [0, 0.1) is 11.8 Å². The maximum atomic E-state index is 5.40. The Morgan fingerprint density at radius 3 is 2.83 bits per heavy atom. The summed E-state index contributed by atoms with van der Waals surface area (Å²) in [4.78, 5) is 4.12. The molecule has 0 aromatic heterocycles. The first-order valence-electron chi connectivity index (χ1n) is 4.49. The average Bonchev–Trinajstić information content (AvgIpc) is 2.47. The molecule has 4 heteroatoms. The number of nitrogens with one attached hydrogen (secondary N) is 1. The monoisotopic (exact) mass is 170 g/mol. The molecule has 1 aliphatic rings. The van der Waals surface area contributed by atoms with E-state index in [1.807, 2.05) is 0 Å². The Hall–Kier alpha value is -0.770. The van der Waals surface area contributed by atoms with Gasteiger partial charge < -0.3 is 5.73 Å². The minimum Gasteiger partial charge on any atom is -0.369 e. The van der Waals surface area contributed by atoms with Gasteiger partial charge in [-0.15, -0.1) is 0 Å². The number of guanidine groups is 1. The van der Waals surface area contributed by atoms with Crippen LogP contribution in [0.15, 0.2) is 4.99 Å². The SMILES string of the molecule is CC1CCC(CN=C(N)NN)C1. The highest BCUT2D eigenvalue weighted by atomic mass is 15.3. The summed E-state index contributed by atoms with van der Waals surface area (Å²) in [5, 5.41) is 0. The highest BCUT2D eigenvalue weighted by Gasteiger charge is 2.20. The summed E-state index contributed by atoms with van der Waals surface area (Å²) in [6, 6.07) is 0. The maximum absolute atomic E-state index is 5.40. The first-order chi connectivity index (χ1) is 5.72. The molecule has 0 radical (unpaired) electrons. The van der Waals surface area contributed by atoms with Crippen LogP contribution in [0.2, 0.25) is 0 Å². The summed E-state index contributed by atoms with van der Waals surface area (Å²) >= 11 is 0. The second-order valence-electron chi connectivity index (χ2n) is 3.65. The number of nitrogens with two attached hydrogens (primary N) is 2. The smallest absolute Gasteiger partial charge is 0.203 e. The van der Waals surface area contributed by atoms with E-state index in [9.17, 15) is 0 Å². The molecule has 4 nitrogen and oxygen atoms in total. The fourth-order valence-corrected chi connectivity index (χ4v) is 1.76. The predicted molar refractivity (Wildman–Crippen MR) is 50.3 cm³/mol. The number of hydrazine groups is 1. The van der Waals surface area contributed by atoms with E-state index >= 15 is 0 Å². The molecule has 1 aliphatic carbocycles. The first-order valence-corrected chi connectivity index (χ1v) is 4.49. The minimum atomic E-state index is 0.342. The number of rotatable bonds is 2. The zero-order valence-corrected chi connectivity index (χ0v) is 7.59. The average molecular weight is 170 g/mol. The molecule has 1 fully saturated rings. The van der Waals surface area contributed by atoms with Crippen molar-refractivity contribution in [2.75, 3.05) is 6.54 Å². The molecule has 0 aliphatic heterocycles. The van der Waals surface area contributed by atoms with Gasteiger partial charge in [0.05, 0.1) is 0 Å². The van der Waals surface area contributed by atoms with Gasteiger partial charge in [0.15, 0.2) is 0 Å². The highest BCUT2D eigenvalue weighted by Crippen LogP contribution is 2.30. The summed E-state index contributed by atoms with van der Waals surface area (Å²) < 4.78 is 0. The number of aliphatic imine (C=N–C) groups is 1. The zero-order chi connectivity index (χ0) is 8.97. The van der Waals surface area contributed by atoms with Crippen LogP contribution in [0.25, 0.3) is 0 Å². The topological polar surface area (TPSA) is 76.4 Å². The normalized spacial score (nSPS) is 30.7. The fraction of sp³-hybridized carbons (Fsp3) is 0.875. The van der Waals surface area contributed by atoms with Gasteiger partial charge in [-0.2, -0.15) is 0 Å². The minimum absolute atomic E-state index is 0.342. The molecular weight excluding hydrogens is 152 g/mol. The van der Waals surface area contributed by atoms with Crippen molar-refractivity contribution in [2.24, 2.45) is 28.4 Å². The lowest BCUT2D eigenvalue weighted by atomic mass is 10.1. The van der Waals surface area contributed by atoms with Gasteiger partial charge in [0.1, 0.15) is 0 Å². The summed E-state index contributed by atoms with van der Waals surface area (Å²) in [6.07, 6.45) is 3.89. The fourth-order valence-electron chi connectivity index (χ4n) is 1.76. The van der Waals surface area contributed by atoms with Gasteiger partial charge in [0.2, 0.25) is 5.96 Å². The van der Waals surface area contributed by atoms with Crippen molar-refractivity contribution in [2.45, 2.75) is 26.2 Å². The van der Waals surface area contributed by atoms with Crippen LogP contribution in [-0.4, -0.2) is 12.5 Å². The van der Waals surface area contributed by atoms with Crippen molar-refractivity contribution in [3.05, 3.63) is 0 Å². The Morgan fingerprint density at radius 1 is 1.58 bits per heavy atom. The van der Waals surface area contributed by atoms with E-state index in [2.05, 4.69) is 17.3 Å². The molecule has 2 atom stereocenters. The quantitative estimate of drug-likeness (QED) is 0.240. The van der Waals surface area contributed by atoms with E-state index in [1.54, 1.807) is 0 Å². The van der Waals surface area contributed by atoms with Gasteiger partial charge >= 0.3 is 0 Å². The summed E-state index contributed by atoms with van der Waals surface area (Å²) in [5.41, 5.74) is 7.73. The lowest BCUT2D eigenvalue weighted by Crippen LogP contribution is -2.37. The number of hydrogen-bond donors (Lipinski definition) is 3. The molecule has 5 N–H and O–H groups in total. The van der Waals surface area contributed by atoms with Gasteiger partial charge in [-0.3, -0.25) is 10.4 Å². The standard InChI is InChI=1S/C8H18N4/c1-6-2-3-7(4-6)5-11-8(9)12-10/h6-7H,2-5,10H2,1H3,(H3,9,11,12). The van der Waals surface area contributed by atoms with E-state index in [0.29, 0.717) is 11.9 Å². The molecule has 0 aromatic rings.